The van der Waals surface area contributed by atoms with Crippen LogP contribution in [0.15, 0.2) is 6.20 Å². The van der Waals surface area contributed by atoms with Crippen LogP contribution in [-0.4, -0.2) is 15.8 Å². The fourth-order valence-electron chi connectivity index (χ4n) is 5.80. The molecule has 1 heterocycles. The zero-order chi connectivity index (χ0) is 14.8. The number of nitrogens with zero attached hydrogens (tertiary/aromatic N) is 2. The summed E-state index contributed by atoms with van der Waals surface area (Å²) in [6, 6.07) is 1.17. The Bertz CT molecular complexity index is 554. The minimum Gasteiger partial charge on any atom is -0.306 e. The lowest BCUT2D eigenvalue weighted by Gasteiger charge is -2.45. The highest BCUT2D eigenvalue weighted by molar-refractivity contribution is 5.26. The Balaban J connectivity index is 1.62. The summed E-state index contributed by atoms with van der Waals surface area (Å²) in [5, 5.41) is 8.60. The summed E-state index contributed by atoms with van der Waals surface area (Å²) in [4.78, 5) is 0. The molecule has 2 saturated carbocycles. The number of aryl methyl sites for hydroxylation is 1. The van der Waals surface area contributed by atoms with Crippen molar-refractivity contribution in [2.45, 2.75) is 71.4 Å². The Morgan fingerprint density at radius 1 is 1.29 bits per heavy atom. The van der Waals surface area contributed by atoms with Gasteiger partial charge in [-0.3, -0.25) is 4.68 Å². The van der Waals surface area contributed by atoms with E-state index in [9.17, 15) is 0 Å². The van der Waals surface area contributed by atoms with Crippen LogP contribution in [0.1, 0.15) is 70.2 Å². The van der Waals surface area contributed by atoms with Gasteiger partial charge >= 0.3 is 0 Å². The summed E-state index contributed by atoms with van der Waals surface area (Å²) in [6.45, 7) is 7.51. The molecule has 0 radical (unpaired) electrons. The number of fused-ring (bicyclic) bond motifs is 3. The number of aromatic nitrogens is 2. The molecule has 21 heavy (non-hydrogen) atoms. The van der Waals surface area contributed by atoms with Crippen molar-refractivity contribution >= 4 is 0 Å². The normalized spacial score (nSPS) is 40.5. The minimum atomic E-state index is 0.437. The molecule has 2 bridgehead atoms. The van der Waals surface area contributed by atoms with Crippen molar-refractivity contribution in [1.29, 1.82) is 0 Å². The van der Waals surface area contributed by atoms with E-state index in [-0.39, 0.29) is 0 Å². The molecule has 116 valence electrons. The molecule has 0 amide bonds. The zero-order valence-electron chi connectivity index (χ0n) is 13.9. The van der Waals surface area contributed by atoms with Crippen molar-refractivity contribution in [2.75, 3.05) is 0 Å². The van der Waals surface area contributed by atoms with Crippen LogP contribution in [0, 0.1) is 16.7 Å². The first-order valence-electron chi connectivity index (χ1n) is 8.69. The molecule has 3 aliphatic carbocycles. The van der Waals surface area contributed by atoms with Crippen molar-refractivity contribution < 1.29 is 0 Å². The summed E-state index contributed by atoms with van der Waals surface area (Å²) in [7, 11) is 2.09. The summed E-state index contributed by atoms with van der Waals surface area (Å²) in [5.41, 5.74) is 3.86. The van der Waals surface area contributed by atoms with Gasteiger partial charge in [-0.25, -0.2) is 0 Å². The predicted molar refractivity (Wildman–Crippen MR) is 85.0 cm³/mol. The first-order chi connectivity index (χ1) is 9.92. The van der Waals surface area contributed by atoms with Gasteiger partial charge in [0.05, 0.1) is 6.20 Å². The molecular weight excluding hydrogens is 258 g/mol. The lowest BCUT2D eigenvalue weighted by molar-refractivity contribution is 0.0956. The van der Waals surface area contributed by atoms with Crippen molar-refractivity contribution in [2.24, 2.45) is 23.8 Å². The SMILES string of the molecule is Cn1ncc2c1CCCC2NC1C2(C)CCC(C2)C1(C)C. The van der Waals surface area contributed by atoms with E-state index in [4.69, 9.17) is 0 Å². The highest BCUT2D eigenvalue weighted by Crippen LogP contribution is 2.62. The van der Waals surface area contributed by atoms with Crippen molar-refractivity contribution in [3.8, 4) is 0 Å². The van der Waals surface area contributed by atoms with Gasteiger partial charge < -0.3 is 5.32 Å². The third-order valence-electron chi connectivity index (χ3n) is 7.01. The second kappa shape index (κ2) is 4.34. The smallest absolute Gasteiger partial charge is 0.0540 e. The molecule has 0 aromatic carbocycles. The summed E-state index contributed by atoms with van der Waals surface area (Å²) in [6.07, 6.45) is 10.1. The average Bonchev–Trinajstić information content (AvgIpc) is 3.05. The van der Waals surface area contributed by atoms with Crippen LogP contribution in [0.25, 0.3) is 0 Å². The molecule has 1 aromatic rings. The lowest BCUT2D eigenvalue weighted by atomic mass is 9.68. The molecule has 4 unspecified atom stereocenters. The quantitative estimate of drug-likeness (QED) is 0.900. The summed E-state index contributed by atoms with van der Waals surface area (Å²) >= 11 is 0. The molecule has 4 atom stereocenters. The van der Waals surface area contributed by atoms with Gasteiger partial charge in [-0.1, -0.05) is 20.8 Å². The van der Waals surface area contributed by atoms with E-state index in [2.05, 4.69) is 49.1 Å². The summed E-state index contributed by atoms with van der Waals surface area (Å²) in [5.74, 6) is 0.914. The van der Waals surface area contributed by atoms with Gasteiger partial charge in [0.2, 0.25) is 0 Å². The molecule has 3 aliphatic rings. The highest BCUT2D eigenvalue weighted by Gasteiger charge is 2.59. The number of rotatable bonds is 2. The maximum atomic E-state index is 4.50. The first-order valence-corrected chi connectivity index (χ1v) is 8.69. The fourth-order valence-corrected chi connectivity index (χ4v) is 5.80. The van der Waals surface area contributed by atoms with E-state index in [1.54, 1.807) is 0 Å². The van der Waals surface area contributed by atoms with Gasteiger partial charge in [-0.2, -0.15) is 5.10 Å². The van der Waals surface area contributed by atoms with Gasteiger partial charge in [-0.05, 0) is 55.3 Å². The predicted octanol–water partition coefficient (Wildman–Crippen LogP) is 3.60. The number of hydrogen-bond donors (Lipinski definition) is 1. The van der Waals surface area contributed by atoms with Gasteiger partial charge in [0.1, 0.15) is 0 Å². The second-order valence-corrected chi connectivity index (χ2v) is 8.63. The molecule has 1 N–H and O–H groups in total. The maximum Gasteiger partial charge on any atom is 0.0540 e. The van der Waals surface area contributed by atoms with Crippen LogP contribution in [-0.2, 0) is 13.5 Å². The molecule has 2 fully saturated rings. The Kier molecular flexibility index (Phi) is 2.86. The van der Waals surface area contributed by atoms with E-state index < -0.39 is 0 Å². The van der Waals surface area contributed by atoms with E-state index >= 15 is 0 Å². The van der Waals surface area contributed by atoms with Crippen molar-refractivity contribution in [1.82, 2.24) is 15.1 Å². The first kappa shape index (κ1) is 13.8. The van der Waals surface area contributed by atoms with Crippen LogP contribution in [0.2, 0.25) is 0 Å². The maximum absolute atomic E-state index is 4.50. The second-order valence-electron chi connectivity index (χ2n) is 8.63. The fraction of sp³-hybridized carbons (Fsp3) is 0.833. The standard InChI is InChI=1S/C18H29N3/c1-17(2)12-8-9-18(3,10-12)16(17)20-14-6-5-7-15-13(14)11-19-21(15)4/h11-12,14,16,20H,5-10H2,1-4H3. The number of hydrogen-bond acceptors (Lipinski definition) is 2. The molecular formula is C18H29N3. The average molecular weight is 287 g/mol. The topological polar surface area (TPSA) is 29.9 Å². The zero-order valence-corrected chi connectivity index (χ0v) is 13.9. The molecule has 0 aliphatic heterocycles. The molecule has 3 heteroatoms. The molecule has 0 spiro atoms. The largest absolute Gasteiger partial charge is 0.306 e. The van der Waals surface area contributed by atoms with Crippen LogP contribution in [0.3, 0.4) is 0 Å². The monoisotopic (exact) mass is 287 g/mol. The third kappa shape index (κ3) is 1.86. The van der Waals surface area contributed by atoms with Crippen LogP contribution < -0.4 is 5.32 Å². The minimum absolute atomic E-state index is 0.437. The van der Waals surface area contributed by atoms with Crippen LogP contribution >= 0.6 is 0 Å². The van der Waals surface area contributed by atoms with Gasteiger partial charge in [0.15, 0.2) is 0 Å². The highest BCUT2D eigenvalue weighted by atomic mass is 15.3. The van der Waals surface area contributed by atoms with Crippen LogP contribution in [0.5, 0.6) is 0 Å². The van der Waals surface area contributed by atoms with Crippen molar-refractivity contribution in [3.05, 3.63) is 17.5 Å². The van der Waals surface area contributed by atoms with Gasteiger partial charge in [0, 0.05) is 30.4 Å². The Labute approximate surface area is 128 Å². The van der Waals surface area contributed by atoms with E-state index in [0.717, 1.165) is 5.92 Å². The number of nitrogens with one attached hydrogen (secondary N) is 1. The molecule has 4 rings (SSSR count). The van der Waals surface area contributed by atoms with Gasteiger partial charge in [0.25, 0.3) is 0 Å². The Morgan fingerprint density at radius 2 is 2.10 bits per heavy atom. The van der Waals surface area contributed by atoms with Crippen molar-refractivity contribution in [3.63, 3.8) is 0 Å². The molecule has 3 nitrogen and oxygen atoms in total. The molecule has 1 aromatic heterocycles. The Hall–Kier alpha value is -0.830. The van der Waals surface area contributed by atoms with E-state index in [0.29, 0.717) is 22.9 Å². The summed E-state index contributed by atoms with van der Waals surface area (Å²) < 4.78 is 2.08. The Morgan fingerprint density at radius 3 is 2.81 bits per heavy atom. The van der Waals surface area contributed by atoms with E-state index in [1.165, 1.54) is 49.8 Å². The van der Waals surface area contributed by atoms with Crippen LogP contribution in [0.4, 0.5) is 0 Å². The lowest BCUT2D eigenvalue weighted by Crippen LogP contribution is -2.51. The van der Waals surface area contributed by atoms with Gasteiger partial charge in [-0.15, -0.1) is 0 Å². The molecule has 0 saturated heterocycles. The third-order valence-corrected chi connectivity index (χ3v) is 7.01. The van der Waals surface area contributed by atoms with E-state index in [1.807, 2.05) is 0 Å².